The van der Waals surface area contributed by atoms with Gasteiger partial charge in [-0.25, -0.2) is 19.7 Å². The Labute approximate surface area is 154 Å². The standard InChI is InChI=1S/C18H16N4O3S/c1-25-15-7-6-12(9-19-15)11-4-3-5-13(8-11)21-16-14(17(23)24)10-20-18(22-16)26-2/h3-10H,1-2H3,(H,23,24)(H,20,21,22). The number of aromatic carboxylic acids is 1. The Kier molecular flexibility index (Phi) is 5.33. The van der Waals surface area contributed by atoms with Crippen LogP contribution in [0.3, 0.4) is 0 Å². The number of carboxylic acid groups (broad SMARTS) is 1. The second-order valence-electron chi connectivity index (χ2n) is 5.22. The van der Waals surface area contributed by atoms with Gasteiger partial charge < -0.3 is 15.2 Å². The van der Waals surface area contributed by atoms with Gasteiger partial charge in [0.25, 0.3) is 0 Å². The van der Waals surface area contributed by atoms with Crippen LogP contribution in [0.15, 0.2) is 53.9 Å². The zero-order chi connectivity index (χ0) is 18.5. The maximum Gasteiger partial charge on any atom is 0.341 e. The van der Waals surface area contributed by atoms with Crippen LogP contribution in [0.4, 0.5) is 11.5 Å². The van der Waals surface area contributed by atoms with Crippen LogP contribution in [-0.4, -0.2) is 39.4 Å². The lowest BCUT2D eigenvalue weighted by molar-refractivity contribution is 0.0697. The summed E-state index contributed by atoms with van der Waals surface area (Å²) in [6.45, 7) is 0. The van der Waals surface area contributed by atoms with Crippen LogP contribution in [0.25, 0.3) is 11.1 Å². The van der Waals surface area contributed by atoms with Crippen molar-refractivity contribution >= 4 is 29.2 Å². The topological polar surface area (TPSA) is 97.2 Å². The van der Waals surface area contributed by atoms with Gasteiger partial charge in [0.15, 0.2) is 5.16 Å². The van der Waals surface area contributed by atoms with E-state index >= 15 is 0 Å². The minimum absolute atomic E-state index is 0.0133. The fraction of sp³-hybridized carbons (Fsp3) is 0.111. The molecule has 0 amide bonds. The molecule has 2 N–H and O–H groups in total. The average Bonchev–Trinajstić information content (AvgIpc) is 2.68. The number of carbonyl (C=O) groups is 1. The predicted octanol–water partition coefficient (Wildman–Crippen LogP) is 3.71. The first-order valence-corrected chi connectivity index (χ1v) is 8.85. The summed E-state index contributed by atoms with van der Waals surface area (Å²) in [5.74, 6) is -0.294. The number of aromatic nitrogens is 3. The second-order valence-corrected chi connectivity index (χ2v) is 5.99. The molecule has 2 aromatic heterocycles. The van der Waals surface area contributed by atoms with E-state index in [0.29, 0.717) is 16.7 Å². The minimum Gasteiger partial charge on any atom is -0.481 e. The van der Waals surface area contributed by atoms with Gasteiger partial charge in [0.1, 0.15) is 11.4 Å². The molecule has 2 heterocycles. The molecule has 26 heavy (non-hydrogen) atoms. The number of benzene rings is 1. The van der Waals surface area contributed by atoms with Crippen LogP contribution in [-0.2, 0) is 0 Å². The summed E-state index contributed by atoms with van der Waals surface area (Å²) in [7, 11) is 1.57. The number of ether oxygens (including phenoxy) is 1. The molecule has 0 aliphatic rings. The molecule has 0 radical (unpaired) electrons. The number of pyridine rings is 1. The number of hydrogen-bond donors (Lipinski definition) is 2. The smallest absolute Gasteiger partial charge is 0.341 e. The fourth-order valence-electron chi connectivity index (χ4n) is 2.30. The third-order valence-electron chi connectivity index (χ3n) is 3.58. The molecule has 0 bridgehead atoms. The van der Waals surface area contributed by atoms with Crippen LogP contribution in [0.5, 0.6) is 5.88 Å². The van der Waals surface area contributed by atoms with Gasteiger partial charge in [-0.1, -0.05) is 23.9 Å². The molecule has 0 spiro atoms. The Morgan fingerprint density at radius 3 is 2.65 bits per heavy atom. The van der Waals surface area contributed by atoms with E-state index in [2.05, 4.69) is 20.3 Å². The lowest BCUT2D eigenvalue weighted by Gasteiger charge is -2.11. The average molecular weight is 368 g/mol. The van der Waals surface area contributed by atoms with E-state index in [4.69, 9.17) is 4.74 Å². The van der Waals surface area contributed by atoms with E-state index in [-0.39, 0.29) is 11.4 Å². The molecular weight excluding hydrogens is 352 g/mol. The number of hydrogen-bond acceptors (Lipinski definition) is 7. The number of methoxy groups -OCH3 is 1. The first kappa shape index (κ1) is 17.7. The van der Waals surface area contributed by atoms with E-state index in [1.165, 1.54) is 18.0 Å². The lowest BCUT2D eigenvalue weighted by Crippen LogP contribution is -2.07. The van der Waals surface area contributed by atoms with Crippen molar-refractivity contribution < 1.29 is 14.6 Å². The maximum absolute atomic E-state index is 11.4. The van der Waals surface area contributed by atoms with Crippen molar-refractivity contribution in [3.05, 3.63) is 54.4 Å². The summed E-state index contributed by atoms with van der Waals surface area (Å²) in [5.41, 5.74) is 2.58. The van der Waals surface area contributed by atoms with Crippen LogP contribution >= 0.6 is 11.8 Å². The molecule has 0 saturated carbocycles. The second kappa shape index (κ2) is 7.83. The Morgan fingerprint density at radius 2 is 2.00 bits per heavy atom. The van der Waals surface area contributed by atoms with Crippen LogP contribution < -0.4 is 10.1 Å². The number of anilines is 2. The molecule has 0 unspecified atom stereocenters. The highest BCUT2D eigenvalue weighted by molar-refractivity contribution is 7.98. The summed E-state index contributed by atoms with van der Waals surface area (Å²) in [6.07, 6.45) is 4.86. The van der Waals surface area contributed by atoms with Gasteiger partial charge in [-0.15, -0.1) is 0 Å². The van der Waals surface area contributed by atoms with Crippen LogP contribution in [0, 0.1) is 0 Å². The maximum atomic E-state index is 11.4. The highest BCUT2D eigenvalue weighted by Gasteiger charge is 2.14. The molecule has 3 rings (SSSR count). The van der Waals surface area contributed by atoms with E-state index in [1.54, 1.807) is 19.4 Å². The summed E-state index contributed by atoms with van der Waals surface area (Å²) in [4.78, 5) is 23.9. The number of carboxylic acids is 1. The summed E-state index contributed by atoms with van der Waals surface area (Å²) < 4.78 is 5.07. The molecular formula is C18H16N4O3S. The first-order chi connectivity index (χ1) is 12.6. The summed E-state index contributed by atoms with van der Waals surface area (Å²) >= 11 is 1.34. The van der Waals surface area contributed by atoms with Gasteiger partial charge in [0, 0.05) is 29.7 Å². The van der Waals surface area contributed by atoms with Crippen molar-refractivity contribution in [2.75, 3.05) is 18.7 Å². The summed E-state index contributed by atoms with van der Waals surface area (Å²) in [5, 5.41) is 12.9. The number of nitrogens with zero attached hydrogens (tertiary/aromatic N) is 3. The Balaban J connectivity index is 1.92. The Morgan fingerprint density at radius 1 is 1.15 bits per heavy atom. The molecule has 3 aromatic rings. The molecule has 0 atom stereocenters. The molecule has 0 saturated heterocycles. The molecule has 0 aliphatic carbocycles. The van der Waals surface area contributed by atoms with Gasteiger partial charge in [-0.3, -0.25) is 0 Å². The highest BCUT2D eigenvalue weighted by atomic mass is 32.2. The lowest BCUT2D eigenvalue weighted by atomic mass is 10.1. The van der Waals surface area contributed by atoms with E-state index in [9.17, 15) is 9.90 Å². The highest BCUT2D eigenvalue weighted by Crippen LogP contribution is 2.26. The summed E-state index contributed by atoms with van der Waals surface area (Å²) in [6, 6.07) is 11.2. The van der Waals surface area contributed by atoms with Crippen molar-refractivity contribution in [1.29, 1.82) is 0 Å². The Hall–Kier alpha value is -3.13. The predicted molar refractivity (Wildman–Crippen MR) is 100 cm³/mol. The molecule has 7 nitrogen and oxygen atoms in total. The van der Waals surface area contributed by atoms with Crippen molar-refractivity contribution in [3.8, 4) is 17.0 Å². The quantitative estimate of drug-likeness (QED) is 0.502. The molecule has 132 valence electrons. The largest absolute Gasteiger partial charge is 0.481 e. The van der Waals surface area contributed by atoms with E-state index < -0.39 is 5.97 Å². The molecule has 1 aromatic carbocycles. The third-order valence-corrected chi connectivity index (χ3v) is 4.15. The van der Waals surface area contributed by atoms with Gasteiger partial charge in [0.05, 0.1) is 7.11 Å². The first-order valence-electron chi connectivity index (χ1n) is 7.62. The molecule has 0 fully saturated rings. The van der Waals surface area contributed by atoms with Crippen molar-refractivity contribution in [2.24, 2.45) is 0 Å². The van der Waals surface area contributed by atoms with Gasteiger partial charge in [-0.2, -0.15) is 0 Å². The van der Waals surface area contributed by atoms with Crippen LogP contribution in [0.2, 0.25) is 0 Å². The van der Waals surface area contributed by atoms with E-state index in [0.717, 1.165) is 11.1 Å². The number of rotatable bonds is 6. The van der Waals surface area contributed by atoms with Crippen molar-refractivity contribution in [1.82, 2.24) is 15.0 Å². The zero-order valence-electron chi connectivity index (χ0n) is 14.1. The van der Waals surface area contributed by atoms with Crippen molar-refractivity contribution in [2.45, 2.75) is 5.16 Å². The SMILES string of the molecule is COc1ccc(-c2cccc(Nc3nc(SC)ncc3C(=O)O)c2)cn1. The molecule has 8 heteroatoms. The number of nitrogens with one attached hydrogen (secondary N) is 1. The van der Waals surface area contributed by atoms with Gasteiger partial charge >= 0.3 is 5.97 Å². The van der Waals surface area contributed by atoms with Gasteiger partial charge in [0.2, 0.25) is 5.88 Å². The molecule has 0 aliphatic heterocycles. The van der Waals surface area contributed by atoms with Crippen LogP contribution in [0.1, 0.15) is 10.4 Å². The Bertz CT molecular complexity index is 932. The van der Waals surface area contributed by atoms with E-state index in [1.807, 2.05) is 36.6 Å². The monoisotopic (exact) mass is 368 g/mol. The minimum atomic E-state index is -1.09. The zero-order valence-corrected chi connectivity index (χ0v) is 14.9. The number of thioether (sulfide) groups is 1. The van der Waals surface area contributed by atoms with Gasteiger partial charge in [-0.05, 0) is 30.0 Å². The normalized spacial score (nSPS) is 10.4. The third kappa shape index (κ3) is 3.92. The fourth-order valence-corrected chi connectivity index (χ4v) is 2.64. The van der Waals surface area contributed by atoms with Crippen molar-refractivity contribution in [3.63, 3.8) is 0 Å².